The van der Waals surface area contributed by atoms with Crippen LogP contribution in [0.4, 0.5) is 0 Å². The summed E-state index contributed by atoms with van der Waals surface area (Å²) in [6.45, 7) is 6.08. The number of rotatable bonds is 4. The number of carbonyl (C=O) groups excluding carboxylic acids is 1. The van der Waals surface area contributed by atoms with E-state index in [0.717, 1.165) is 11.8 Å². The molecule has 0 bridgehead atoms. The Hall–Kier alpha value is -1.90. The largest absolute Gasteiger partial charge is 0.422 e. The van der Waals surface area contributed by atoms with Gasteiger partial charge in [-0.25, -0.2) is 4.79 Å². The lowest BCUT2D eigenvalue weighted by atomic mass is 9.83. The normalized spacial score (nSPS) is 11.7. The summed E-state index contributed by atoms with van der Waals surface area (Å²) in [4.78, 5) is 24.1. The van der Waals surface area contributed by atoms with Crippen LogP contribution in [0.15, 0.2) is 39.5 Å². The Morgan fingerprint density at radius 3 is 2.63 bits per heavy atom. The third-order valence-corrected chi connectivity index (χ3v) is 3.54. The molecule has 0 saturated carbocycles. The minimum absolute atomic E-state index is 0.102. The van der Waals surface area contributed by atoms with Gasteiger partial charge in [-0.1, -0.05) is 45.4 Å². The van der Waals surface area contributed by atoms with Gasteiger partial charge >= 0.3 is 5.63 Å². The Morgan fingerprint density at radius 1 is 1.26 bits per heavy atom. The van der Waals surface area contributed by atoms with E-state index in [2.05, 4.69) is 0 Å². The second kappa shape index (κ2) is 5.00. The van der Waals surface area contributed by atoms with Crippen LogP contribution in [0.3, 0.4) is 0 Å². The van der Waals surface area contributed by atoms with Gasteiger partial charge in [-0.15, -0.1) is 0 Å². The fourth-order valence-corrected chi connectivity index (χ4v) is 1.91. The van der Waals surface area contributed by atoms with Crippen LogP contribution >= 0.6 is 0 Å². The molecule has 0 saturated heterocycles. The molecular weight excluding hydrogens is 240 g/mol. The van der Waals surface area contributed by atoms with Gasteiger partial charge in [0.15, 0.2) is 5.78 Å². The van der Waals surface area contributed by atoms with Gasteiger partial charge in [0.2, 0.25) is 0 Å². The smallest absolute Gasteiger partial charge is 0.347 e. The SMILES string of the molecule is CCC(C)(C)CC(=O)c1cc2ccccc2oc1=O. The molecule has 1 aromatic carbocycles. The van der Waals surface area contributed by atoms with Gasteiger partial charge in [-0.3, -0.25) is 4.79 Å². The van der Waals surface area contributed by atoms with Crippen molar-refractivity contribution in [1.29, 1.82) is 0 Å². The standard InChI is InChI=1S/C16H18O3/c1-4-16(2,3)10-13(17)12-9-11-7-5-6-8-14(11)19-15(12)18/h5-9H,4,10H2,1-3H3. The van der Waals surface area contributed by atoms with Crippen LogP contribution in [-0.4, -0.2) is 5.78 Å². The maximum atomic E-state index is 12.2. The van der Waals surface area contributed by atoms with E-state index >= 15 is 0 Å². The lowest BCUT2D eigenvalue weighted by molar-refractivity contribution is 0.0925. The van der Waals surface area contributed by atoms with Crippen molar-refractivity contribution in [2.24, 2.45) is 5.41 Å². The summed E-state index contributed by atoms with van der Waals surface area (Å²) in [6.07, 6.45) is 1.24. The number of hydrogen-bond donors (Lipinski definition) is 0. The predicted molar refractivity (Wildman–Crippen MR) is 75.5 cm³/mol. The molecule has 0 aliphatic rings. The van der Waals surface area contributed by atoms with Crippen LogP contribution in [0, 0.1) is 5.41 Å². The van der Waals surface area contributed by atoms with Gasteiger partial charge in [0.25, 0.3) is 0 Å². The molecule has 0 radical (unpaired) electrons. The van der Waals surface area contributed by atoms with Gasteiger partial charge in [-0.2, -0.15) is 0 Å². The van der Waals surface area contributed by atoms with Gasteiger partial charge in [0, 0.05) is 11.8 Å². The van der Waals surface area contributed by atoms with Crippen LogP contribution in [0.2, 0.25) is 0 Å². The van der Waals surface area contributed by atoms with Crippen molar-refractivity contribution < 1.29 is 9.21 Å². The lowest BCUT2D eigenvalue weighted by Gasteiger charge is -2.20. The maximum absolute atomic E-state index is 12.2. The Balaban J connectivity index is 2.42. The second-order valence-corrected chi connectivity index (χ2v) is 5.60. The topological polar surface area (TPSA) is 47.3 Å². The highest BCUT2D eigenvalue weighted by Crippen LogP contribution is 2.26. The van der Waals surface area contributed by atoms with Crippen molar-refractivity contribution in [3.8, 4) is 0 Å². The first-order chi connectivity index (χ1) is 8.93. The molecule has 2 rings (SSSR count). The first kappa shape index (κ1) is 13.5. The fraction of sp³-hybridized carbons (Fsp3) is 0.375. The van der Waals surface area contributed by atoms with Crippen LogP contribution < -0.4 is 5.63 Å². The van der Waals surface area contributed by atoms with Crippen molar-refractivity contribution in [3.05, 3.63) is 46.3 Å². The summed E-state index contributed by atoms with van der Waals surface area (Å²) in [7, 11) is 0. The third kappa shape index (κ3) is 2.92. The Bertz CT molecular complexity index is 665. The molecule has 0 aliphatic carbocycles. The number of Topliss-reactive ketones (excluding diaryl/α,β-unsaturated/α-hetero) is 1. The first-order valence-electron chi connectivity index (χ1n) is 6.49. The molecule has 0 amide bonds. The highest BCUT2D eigenvalue weighted by atomic mass is 16.4. The predicted octanol–water partition coefficient (Wildman–Crippen LogP) is 3.80. The molecule has 0 N–H and O–H groups in total. The molecule has 3 nitrogen and oxygen atoms in total. The van der Waals surface area contributed by atoms with Gasteiger partial charge in [-0.05, 0) is 17.5 Å². The van der Waals surface area contributed by atoms with E-state index in [1.54, 1.807) is 18.2 Å². The van der Waals surface area contributed by atoms with E-state index in [9.17, 15) is 9.59 Å². The number of para-hydroxylation sites is 1. The van der Waals surface area contributed by atoms with Crippen LogP contribution in [0.5, 0.6) is 0 Å². The molecule has 1 aromatic heterocycles. The molecular formula is C16H18O3. The summed E-state index contributed by atoms with van der Waals surface area (Å²) in [5.74, 6) is -0.147. The quantitative estimate of drug-likeness (QED) is 0.619. The highest BCUT2D eigenvalue weighted by Gasteiger charge is 2.23. The van der Waals surface area contributed by atoms with Crippen molar-refractivity contribution in [1.82, 2.24) is 0 Å². The van der Waals surface area contributed by atoms with E-state index in [4.69, 9.17) is 4.42 Å². The summed E-state index contributed by atoms with van der Waals surface area (Å²) in [6, 6.07) is 8.84. The first-order valence-corrected chi connectivity index (χ1v) is 6.49. The zero-order chi connectivity index (χ0) is 14.0. The number of benzene rings is 1. The van der Waals surface area contributed by atoms with Crippen LogP contribution in [-0.2, 0) is 0 Å². The molecule has 0 atom stereocenters. The molecule has 0 spiro atoms. The van der Waals surface area contributed by atoms with Crippen LogP contribution in [0.1, 0.15) is 44.0 Å². The summed E-state index contributed by atoms with van der Waals surface area (Å²) in [5, 5.41) is 0.778. The van der Waals surface area contributed by atoms with E-state index in [1.807, 2.05) is 32.9 Å². The summed E-state index contributed by atoms with van der Waals surface area (Å²) < 4.78 is 5.19. The van der Waals surface area contributed by atoms with Gasteiger partial charge in [0.05, 0.1) is 0 Å². The van der Waals surface area contributed by atoms with Crippen molar-refractivity contribution in [2.75, 3.05) is 0 Å². The molecule has 100 valence electrons. The molecule has 19 heavy (non-hydrogen) atoms. The summed E-state index contributed by atoms with van der Waals surface area (Å²) >= 11 is 0. The maximum Gasteiger partial charge on any atom is 0.347 e. The van der Waals surface area contributed by atoms with E-state index in [-0.39, 0.29) is 16.8 Å². The highest BCUT2D eigenvalue weighted by molar-refractivity contribution is 5.98. The van der Waals surface area contributed by atoms with E-state index < -0.39 is 5.63 Å². The Labute approximate surface area is 112 Å². The van der Waals surface area contributed by atoms with Gasteiger partial charge in [0.1, 0.15) is 11.1 Å². The number of fused-ring (bicyclic) bond motifs is 1. The number of carbonyl (C=O) groups is 1. The van der Waals surface area contributed by atoms with E-state index in [1.165, 1.54) is 0 Å². The van der Waals surface area contributed by atoms with E-state index in [0.29, 0.717) is 12.0 Å². The molecule has 0 fully saturated rings. The third-order valence-electron chi connectivity index (χ3n) is 3.54. The fourth-order valence-electron chi connectivity index (χ4n) is 1.91. The van der Waals surface area contributed by atoms with Crippen LogP contribution in [0.25, 0.3) is 11.0 Å². The zero-order valence-corrected chi connectivity index (χ0v) is 11.5. The van der Waals surface area contributed by atoms with Crippen molar-refractivity contribution in [3.63, 3.8) is 0 Å². The van der Waals surface area contributed by atoms with Gasteiger partial charge < -0.3 is 4.42 Å². The molecule has 1 heterocycles. The Kier molecular flexibility index (Phi) is 3.56. The molecule has 0 aliphatic heterocycles. The van der Waals surface area contributed by atoms with Crippen molar-refractivity contribution >= 4 is 16.8 Å². The zero-order valence-electron chi connectivity index (χ0n) is 11.5. The Morgan fingerprint density at radius 2 is 1.95 bits per heavy atom. The average Bonchev–Trinajstić information content (AvgIpc) is 2.37. The molecule has 0 unspecified atom stereocenters. The lowest BCUT2D eigenvalue weighted by Crippen LogP contribution is -2.21. The average molecular weight is 258 g/mol. The second-order valence-electron chi connectivity index (χ2n) is 5.60. The minimum Gasteiger partial charge on any atom is -0.422 e. The summed E-state index contributed by atoms with van der Waals surface area (Å²) in [5.41, 5.74) is 0.0180. The monoisotopic (exact) mass is 258 g/mol. The number of ketones is 1. The molecule has 3 heteroatoms. The number of hydrogen-bond acceptors (Lipinski definition) is 3. The van der Waals surface area contributed by atoms with Crippen molar-refractivity contribution in [2.45, 2.75) is 33.6 Å². The minimum atomic E-state index is -0.546. The molecule has 2 aromatic rings.